The molecule has 0 aliphatic carbocycles. The molecule has 0 spiro atoms. The van der Waals surface area contributed by atoms with Gasteiger partial charge in [0.2, 0.25) is 15.9 Å². The van der Waals surface area contributed by atoms with Crippen molar-refractivity contribution in [2.45, 2.75) is 51.3 Å². The fraction of sp³-hybridized carbons (Fsp3) is 0.520. The molecule has 1 aromatic heterocycles. The third kappa shape index (κ3) is 5.22. The van der Waals surface area contributed by atoms with Gasteiger partial charge in [0.1, 0.15) is 5.69 Å². The van der Waals surface area contributed by atoms with Gasteiger partial charge in [0.05, 0.1) is 5.92 Å². The van der Waals surface area contributed by atoms with Crippen molar-refractivity contribution < 1.29 is 17.7 Å². The van der Waals surface area contributed by atoms with E-state index in [1.807, 2.05) is 42.2 Å². The number of carbonyl (C=O) groups excluding carboxylic acids is 1. The Hall–Kier alpha value is -2.45. The fourth-order valence-corrected chi connectivity index (χ4v) is 6.40. The summed E-state index contributed by atoms with van der Waals surface area (Å²) in [6.45, 7) is 8.00. The number of hydrogen-bond acceptors (Lipinski definition) is 5. The molecule has 0 saturated carbocycles. The minimum atomic E-state index is -3.84. The zero-order valence-corrected chi connectivity index (χ0v) is 20.5. The van der Waals surface area contributed by atoms with Crippen LogP contribution in [-0.2, 0) is 14.8 Å². The van der Waals surface area contributed by atoms with Crippen molar-refractivity contribution in [3.8, 4) is 0 Å². The lowest BCUT2D eigenvalue weighted by molar-refractivity contribution is -0.138. The average Bonchev–Trinajstić information content (AvgIpc) is 3.20. The second-order valence-electron chi connectivity index (χ2n) is 9.42. The zero-order chi connectivity index (χ0) is 23.6. The van der Waals surface area contributed by atoms with Gasteiger partial charge in [0.25, 0.3) is 0 Å². The van der Waals surface area contributed by atoms with Crippen LogP contribution >= 0.6 is 0 Å². The number of piperidine rings is 2. The molecule has 2 aliphatic heterocycles. The van der Waals surface area contributed by atoms with E-state index in [9.17, 15) is 13.2 Å². The lowest BCUT2D eigenvalue weighted by Crippen LogP contribution is -2.48. The molecule has 2 fully saturated rings. The van der Waals surface area contributed by atoms with Crippen molar-refractivity contribution in [3.63, 3.8) is 0 Å². The molecule has 8 heteroatoms. The average molecular weight is 472 g/mol. The molecule has 2 saturated heterocycles. The van der Waals surface area contributed by atoms with Crippen molar-refractivity contribution >= 4 is 28.1 Å². The summed E-state index contributed by atoms with van der Waals surface area (Å²) in [7, 11) is -3.84. The number of carbonyl (C=O) groups is 1. The van der Waals surface area contributed by atoms with E-state index in [1.165, 1.54) is 4.31 Å². The number of aryl methyl sites for hydroxylation is 2. The van der Waals surface area contributed by atoms with Crippen LogP contribution in [0.25, 0.3) is 12.2 Å². The molecule has 0 N–H and O–H groups in total. The van der Waals surface area contributed by atoms with E-state index in [0.717, 1.165) is 43.5 Å². The number of likely N-dealkylation sites (tertiary alicyclic amines) is 1. The van der Waals surface area contributed by atoms with Gasteiger partial charge in [-0.2, -0.15) is 4.31 Å². The maximum absolute atomic E-state index is 13.6. The van der Waals surface area contributed by atoms with E-state index < -0.39 is 10.0 Å². The quantitative estimate of drug-likeness (QED) is 0.655. The Morgan fingerprint density at radius 3 is 2.45 bits per heavy atom. The van der Waals surface area contributed by atoms with Gasteiger partial charge >= 0.3 is 0 Å². The number of aromatic nitrogens is 1. The van der Waals surface area contributed by atoms with E-state index in [4.69, 9.17) is 4.52 Å². The van der Waals surface area contributed by atoms with Crippen LogP contribution in [-0.4, -0.2) is 54.9 Å². The van der Waals surface area contributed by atoms with Gasteiger partial charge in [-0.25, -0.2) is 8.42 Å². The third-order valence-corrected chi connectivity index (χ3v) is 8.79. The number of hydrogen-bond donors (Lipinski definition) is 0. The minimum Gasteiger partial charge on any atom is -0.355 e. The summed E-state index contributed by atoms with van der Waals surface area (Å²) < 4.78 is 34.0. The topological polar surface area (TPSA) is 83.7 Å². The second kappa shape index (κ2) is 9.81. The normalized spacial score (nSPS) is 21.1. The van der Waals surface area contributed by atoms with Gasteiger partial charge in [0, 0.05) is 26.2 Å². The molecule has 1 aromatic carbocycles. The predicted molar refractivity (Wildman–Crippen MR) is 128 cm³/mol. The standard InChI is InChI=1S/C25H33N3O4S/c1-18-6-8-21(9-7-18)10-11-23-24(20(3)26-32-23)33(30,31)28-14-4-5-22(17-28)25(29)27-15-12-19(2)13-16-27/h6-11,19,22H,4-5,12-17H2,1-3H3/b11-10+/t22-/m1/s1. The monoisotopic (exact) mass is 471 g/mol. The zero-order valence-electron chi connectivity index (χ0n) is 19.7. The number of rotatable bonds is 5. The molecule has 0 unspecified atom stereocenters. The van der Waals surface area contributed by atoms with Crippen molar-refractivity contribution in [3.05, 3.63) is 46.8 Å². The summed E-state index contributed by atoms with van der Waals surface area (Å²) >= 11 is 0. The lowest BCUT2D eigenvalue weighted by Gasteiger charge is -2.36. The fourth-order valence-electron chi connectivity index (χ4n) is 4.63. The third-order valence-electron chi connectivity index (χ3n) is 6.76. The molecular formula is C25H33N3O4S. The molecule has 3 heterocycles. The van der Waals surface area contributed by atoms with Gasteiger partial charge in [-0.15, -0.1) is 0 Å². The van der Waals surface area contributed by atoms with Gasteiger partial charge in [-0.05, 0) is 57.1 Å². The van der Waals surface area contributed by atoms with Crippen molar-refractivity contribution in [1.82, 2.24) is 14.4 Å². The second-order valence-corrected chi connectivity index (χ2v) is 11.3. The highest BCUT2D eigenvalue weighted by molar-refractivity contribution is 7.89. The van der Waals surface area contributed by atoms with Gasteiger partial charge in [-0.1, -0.05) is 48.0 Å². The molecule has 1 amide bonds. The van der Waals surface area contributed by atoms with E-state index >= 15 is 0 Å². The van der Waals surface area contributed by atoms with Crippen LogP contribution in [0.15, 0.2) is 33.7 Å². The van der Waals surface area contributed by atoms with Crippen molar-refractivity contribution in [1.29, 1.82) is 0 Å². The molecular weight excluding hydrogens is 438 g/mol. The molecule has 1 atom stereocenters. The van der Waals surface area contributed by atoms with Crippen LogP contribution < -0.4 is 0 Å². The van der Waals surface area contributed by atoms with Crippen LogP contribution in [0.1, 0.15) is 55.2 Å². The Balaban J connectivity index is 1.52. The first-order valence-electron chi connectivity index (χ1n) is 11.8. The summed E-state index contributed by atoms with van der Waals surface area (Å²) in [5.74, 6) is 0.642. The van der Waals surface area contributed by atoms with Crippen LogP contribution in [0.3, 0.4) is 0 Å². The summed E-state index contributed by atoms with van der Waals surface area (Å²) in [5.41, 5.74) is 2.42. The summed E-state index contributed by atoms with van der Waals surface area (Å²) in [4.78, 5) is 15.1. The Bertz CT molecular complexity index is 1110. The Morgan fingerprint density at radius 1 is 1.06 bits per heavy atom. The van der Waals surface area contributed by atoms with Crippen molar-refractivity contribution in [2.75, 3.05) is 26.2 Å². The van der Waals surface area contributed by atoms with E-state index in [1.54, 1.807) is 13.0 Å². The smallest absolute Gasteiger partial charge is 0.248 e. The molecule has 4 rings (SSSR count). The predicted octanol–water partition coefficient (Wildman–Crippen LogP) is 4.12. The maximum Gasteiger partial charge on any atom is 0.248 e. The summed E-state index contributed by atoms with van der Waals surface area (Å²) in [6, 6.07) is 7.92. The number of nitrogens with zero attached hydrogens (tertiary/aromatic N) is 3. The van der Waals surface area contributed by atoms with Crippen LogP contribution in [0.4, 0.5) is 0 Å². The Kier molecular flexibility index (Phi) is 7.05. The molecule has 33 heavy (non-hydrogen) atoms. The number of benzene rings is 1. The molecule has 178 valence electrons. The minimum absolute atomic E-state index is 0.0864. The van der Waals surface area contributed by atoms with Crippen LogP contribution in [0.5, 0.6) is 0 Å². The first kappa shape index (κ1) is 23.7. The molecule has 7 nitrogen and oxygen atoms in total. The first-order chi connectivity index (χ1) is 15.8. The highest BCUT2D eigenvalue weighted by Gasteiger charge is 2.38. The summed E-state index contributed by atoms with van der Waals surface area (Å²) in [5, 5.41) is 3.93. The lowest BCUT2D eigenvalue weighted by atomic mass is 9.94. The highest BCUT2D eigenvalue weighted by atomic mass is 32.2. The molecule has 2 aromatic rings. The van der Waals surface area contributed by atoms with Gasteiger partial charge < -0.3 is 9.42 Å². The highest BCUT2D eigenvalue weighted by Crippen LogP contribution is 2.30. The maximum atomic E-state index is 13.6. The first-order valence-corrected chi connectivity index (χ1v) is 13.2. The van der Waals surface area contributed by atoms with Crippen LogP contribution in [0, 0.1) is 25.7 Å². The Morgan fingerprint density at radius 2 is 1.76 bits per heavy atom. The van der Waals surface area contributed by atoms with Crippen LogP contribution in [0.2, 0.25) is 0 Å². The van der Waals surface area contributed by atoms with Gasteiger partial charge in [-0.3, -0.25) is 4.79 Å². The molecule has 0 radical (unpaired) electrons. The number of sulfonamides is 1. The van der Waals surface area contributed by atoms with Crippen molar-refractivity contribution in [2.24, 2.45) is 11.8 Å². The Labute approximate surface area is 196 Å². The molecule has 2 aliphatic rings. The SMILES string of the molecule is Cc1ccc(/C=C/c2onc(C)c2S(=O)(=O)N2CCC[C@@H](C(=O)N3CCC(C)CC3)C2)cc1. The summed E-state index contributed by atoms with van der Waals surface area (Å²) in [6.07, 6.45) is 6.88. The van der Waals surface area contributed by atoms with E-state index in [-0.39, 0.29) is 29.0 Å². The molecule has 0 bridgehead atoms. The number of amides is 1. The van der Waals surface area contributed by atoms with E-state index in [0.29, 0.717) is 24.6 Å². The van der Waals surface area contributed by atoms with Gasteiger partial charge in [0.15, 0.2) is 10.7 Å². The largest absolute Gasteiger partial charge is 0.355 e. The van der Waals surface area contributed by atoms with E-state index in [2.05, 4.69) is 12.1 Å².